The van der Waals surface area contributed by atoms with Crippen LogP contribution in [0.5, 0.6) is 0 Å². The fourth-order valence-corrected chi connectivity index (χ4v) is 2.09. The van der Waals surface area contributed by atoms with Crippen LogP contribution in [0.2, 0.25) is 0 Å². The maximum Gasteiger partial charge on any atom is 0.373 e. The van der Waals surface area contributed by atoms with E-state index in [0.717, 1.165) is 11.5 Å². The van der Waals surface area contributed by atoms with E-state index in [4.69, 9.17) is 18.4 Å². The molecule has 0 amide bonds. The van der Waals surface area contributed by atoms with E-state index in [1.165, 1.54) is 6.20 Å². The zero-order valence-electron chi connectivity index (χ0n) is 11.6. The molecule has 0 unspecified atom stereocenters. The molecule has 3 aromatic rings. The van der Waals surface area contributed by atoms with Gasteiger partial charge >= 0.3 is 5.97 Å². The molecule has 0 aliphatic rings. The quantitative estimate of drug-likeness (QED) is 0.717. The summed E-state index contributed by atoms with van der Waals surface area (Å²) in [6.45, 7) is 1.39. The number of nitrogens with zero attached hydrogens (tertiary/aromatic N) is 2. The summed E-state index contributed by atoms with van der Waals surface area (Å²) in [6, 6.07) is 7.36. The van der Waals surface area contributed by atoms with Crippen molar-refractivity contribution in [1.82, 2.24) is 9.88 Å². The number of rotatable bonds is 7. The predicted octanol–water partition coefficient (Wildman–Crippen LogP) is 2.76. The first-order chi connectivity index (χ1) is 10.7. The average Bonchev–Trinajstić information content (AvgIpc) is 3.19. The van der Waals surface area contributed by atoms with Gasteiger partial charge < -0.3 is 18.4 Å². The Kier molecular flexibility index (Phi) is 4.06. The summed E-state index contributed by atoms with van der Waals surface area (Å²) in [5, 5.41) is 8.87. The number of aromatic carboxylic acids is 1. The molecule has 0 fully saturated rings. The minimum Gasteiger partial charge on any atom is -0.475 e. The second-order valence-electron chi connectivity index (χ2n) is 4.73. The Labute approximate surface area is 125 Å². The van der Waals surface area contributed by atoms with E-state index in [1.807, 2.05) is 29.2 Å². The van der Waals surface area contributed by atoms with Crippen LogP contribution in [-0.2, 0) is 19.6 Å². The first kappa shape index (κ1) is 14.2. The van der Waals surface area contributed by atoms with Gasteiger partial charge in [-0.05, 0) is 24.3 Å². The predicted molar refractivity (Wildman–Crippen MR) is 73.8 cm³/mol. The van der Waals surface area contributed by atoms with Gasteiger partial charge in [-0.25, -0.2) is 9.78 Å². The van der Waals surface area contributed by atoms with Crippen LogP contribution >= 0.6 is 0 Å². The second-order valence-corrected chi connectivity index (χ2v) is 4.73. The highest BCUT2D eigenvalue weighted by atomic mass is 16.4. The van der Waals surface area contributed by atoms with Crippen LogP contribution in [0, 0.1) is 0 Å². The average molecular weight is 302 g/mol. The van der Waals surface area contributed by atoms with Gasteiger partial charge in [0.15, 0.2) is 0 Å². The monoisotopic (exact) mass is 302 g/mol. The molecule has 0 aliphatic heterocycles. The summed E-state index contributed by atoms with van der Waals surface area (Å²) >= 11 is 0. The molecule has 0 saturated carbocycles. The van der Waals surface area contributed by atoms with E-state index in [1.54, 1.807) is 12.5 Å². The number of furan rings is 2. The minimum absolute atomic E-state index is 0.175. The Morgan fingerprint density at radius 2 is 1.73 bits per heavy atom. The lowest BCUT2D eigenvalue weighted by molar-refractivity contribution is 0.0657. The number of aromatic nitrogens is 1. The fraction of sp³-hybridized carbons (Fsp3) is 0.200. The Morgan fingerprint density at radius 3 is 2.18 bits per heavy atom. The van der Waals surface area contributed by atoms with Crippen LogP contribution in [0.15, 0.2) is 56.2 Å². The van der Waals surface area contributed by atoms with Crippen molar-refractivity contribution in [2.45, 2.75) is 19.6 Å². The molecule has 0 saturated heterocycles. The topological polar surface area (TPSA) is 92.8 Å². The van der Waals surface area contributed by atoms with E-state index in [-0.39, 0.29) is 5.76 Å². The molecule has 0 bridgehead atoms. The van der Waals surface area contributed by atoms with Crippen molar-refractivity contribution in [3.05, 3.63) is 66.2 Å². The van der Waals surface area contributed by atoms with Crippen molar-refractivity contribution in [2.75, 3.05) is 0 Å². The summed E-state index contributed by atoms with van der Waals surface area (Å²) in [5.41, 5.74) is 0. The molecule has 3 rings (SSSR count). The molecule has 7 heteroatoms. The van der Waals surface area contributed by atoms with Gasteiger partial charge in [0.2, 0.25) is 11.7 Å². The lowest BCUT2D eigenvalue weighted by Gasteiger charge is -2.18. The molecule has 0 spiro atoms. The summed E-state index contributed by atoms with van der Waals surface area (Å²) in [5.74, 6) is 0.594. The van der Waals surface area contributed by atoms with Crippen molar-refractivity contribution >= 4 is 5.97 Å². The van der Waals surface area contributed by atoms with Crippen LogP contribution in [0.4, 0.5) is 0 Å². The summed E-state index contributed by atoms with van der Waals surface area (Å²) < 4.78 is 15.9. The minimum atomic E-state index is -1.14. The lowest BCUT2D eigenvalue weighted by Crippen LogP contribution is -2.22. The largest absolute Gasteiger partial charge is 0.475 e. The first-order valence-corrected chi connectivity index (χ1v) is 6.66. The number of carboxylic acids is 1. The standard InChI is InChI=1S/C15H14N2O5/c18-15(19)13-7-16-14(22-13)10-17(8-11-3-1-5-20-11)9-12-4-2-6-21-12/h1-7H,8-10H2,(H,18,19). The van der Waals surface area contributed by atoms with Gasteiger partial charge in [-0.3, -0.25) is 4.90 Å². The number of carbonyl (C=O) groups is 1. The van der Waals surface area contributed by atoms with Crippen molar-refractivity contribution < 1.29 is 23.2 Å². The molecule has 0 aliphatic carbocycles. The van der Waals surface area contributed by atoms with Gasteiger partial charge in [0.25, 0.3) is 0 Å². The van der Waals surface area contributed by atoms with Gasteiger partial charge in [0.05, 0.1) is 38.4 Å². The van der Waals surface area contributed by atoms with Crippen LogP contribution in [0.1, 0.15) is 28.0 Å². The Balaban J connectivity index is 1.73. The Hall–Kier alpha value is -2.80. The van der Waals surface area contributed by atoms with Crippen molar-refractivity contribution in [3.8, 4) is 0 Å². The molecule has 114 valence electrons. The maximum atomic E-state index is 10.8. The summed E-state index contributed by atoms with van der Waals surface area (Å²) in [7, 11) is 0. The van der Waals surface area contributed by atoms with E-state index < -0.39 is 5.97 Å². The zero-order valence-corrected chi connectivity index (χ0v) is 11.6. The highest BCUT2D eigenvalue weighted by molar-refractivity contribution is 5.83. The molecule has 3 aromatic heterocycles. The van der Waals surface area contributed by atoms with E-state index in [9.17, 15) is 4.79 Å². The molecule has 3 heterocycles. The summed E-state index contributed by atoms with van der Waals surface area (Å²) in [4.78, 5) is 16.8. The van der Waals surface area contributed by atoms with E-state index in [0.29, 0.717) is 25.5 Å². The second kappa shape index (κ2) is 6.31. The Morgan fingerprint density at radius 1 is 1.09 bits per heavy atom. The van der Waals surface area contributed by atoms with Crippen molar-refractivity contribution in [3.63, 3.8) is 0 Å². The van der Waals surface area contributed by atoms with Gasteiger partial charge in [-0.15, -0.1) is 0 Å². The van der Waals surface area contributed by atoms with Crippen LogP contribution in [0.3, 0.4) is 0 Å². The molecule has 22 heavy (non-hydrogen) atoms. The fourth-order valence-electron chi connectivity index (χ4n) is 2.09. The number of oxazole rings is 1. The molecule has 7 nitrogen and oxygen atoms in total. The number of carboxylic acid groups (broad SMARTS) is 1. The lowest BCUT2D eigenvalue weighted by atomic mass is 10.3. The van der Waals surface area contributed by atoms with Gasteiger partial charge in [-0.2, -0.15) is 0 Å². The van der Waals surface area contributed by atoms with Gasteiger partial charge in [0, 0.05) is 0 Å². The molecule has 1 N–H and O–H groups in total. The highest BCUT2D eigenvalue weighted by Crippen LogP contribution is 2.15. The Bertz CT molecular complexity index is 679. The molecule has 0 atom stereocenters. The van der Waals surface area contributed by atoms with Crippen LogP contribution in [-0.4, -0.2) is 21.0 Å². The van der Waals surface area contributed by atoms with E-state index >= 15 is 0 Å². The number of hydrogen-bond acceptors (Lipinski definition) is 6. The summed E-state index contributed by atoms with van der Waals surface area (Å²) in [6.07, 6.45) is 4.41. The normalized spacial score (nSPS) is 11.1. The van der Waals surface area contributed by atoms with Crippen molar-refractivity contribution in [1.29, 1.82) is 0 Å². The van der Waals surface area contributed by atoms with E-state index in [2.05, 4.69) is 4.98 Å². The van der Waals surface area contributed by atoms with Gasteiger partial charge in [-0.1, -0.05) is 0 Å². The molecule has 0 aromatic carbocycles. The SMILES string of the molecule is O=C(O)c1cnc(CN(Cc2ccco2)Cc2ccco2)o1. The first-order valence-electron chi connectivity index (χ1n) is 6.66. The zero-order chi connectivity index (χ0) is 15.4. The highest BCUT2D eigenvalue weighted by Gasteiger charge is 2.16. The van der Waals surface area contributed by atoms with Crippen molar-refractivity contribution in [2.24, 2.45) is 0 Å². The molecular weight excluding hydrogens is 288 g/mol. The van der Waals surface area contributed by atoms with Gasteiger partial charge in [0.1, 0.15) is 11.5 Å². The smallest absolute Gasteiger partial charge is 0.373 e. The van der Waals surface area contributed by atoms with Crippen LogP contribution < -0.4 is 0 Å². The third kappa shape index (κ3) is 3.44. The number of hydrogen-bond donors (Lipinski definition) is 1. The molecule has 0 radical (unpaired) electrons. The van der Waals surface area contributed by atoms with Crippen LogP contribution in [0.25, 0.3) is 0 Å². The third-order valence-corrected chi connectivity index (χ3v) is 3.04. The third-order valence-electron chi connectivity index (χ3n) is 3.04. The molecular formula is C15H14N2O5. The maximum absolute atomic E-state index is 10.8.